The van der Waals surface area contributed by atoms with Crippen molar-refractivity contribution in [2.45, 2.75) is 26.5 Å². The summed E-state index contributed by atoms with van der Waals surface area (Å²) in [6.07, 6.45) is -0.623. The topological polar surface area (TPSA) is 77.2 Å². The Kier molecular flexibility index (Phi) is 5.09. The third kappa shape index (κ3) is 4.44. The summed E-state index contributed by atoms with van der Waals surface area (Å²) in [5.41, 5.74) is 2.03. The quantitative estimate of drug-likeness (QED) is 0.748. The highest BCUT2D eigenvalue weighted by atomic mass is 16.5. The zero-order chi connectivity index (χ0) is 17.6. The molecule has 0 aliphatic rings. The zero-order valence-corrected chi connectivity index (χ0v) is 14.1. The van der Waals surface area contributed by atoms with Gasteiger partial charge in [-0.05, 0) is 26.0 Å². The molecule has 128 valence electrons. The summed E-state index contributed by atoms with van der Waals surface area (Å²) in [6.45, 7) is 3.85. The number of rotatable bonds is 6. The summed E-state index contributed by atoms with van der Waals surface area (Å²) < 4.78 is 10.8. The maximum atomic E-state index is 12.1. The molecule has 3 rings (SSSR count). The molecular weight excluding hydrogens is 318 g/mol. The first-order valence-electron chi connectivity index (χ1n) is 8.01. The van der Waals surface area contributed by atoms with Crippen molar-refractivity contribution in [2.75, 3.05) is 0 Å². The van der Waals surface area contributed by atoms with Gasteiger partial charge in [-0.3, -0.25) is 4.79 Å². The summed E-state index contributed by atoms with van der Waals surface area (Å²) in [7, 11) is 0. The van der Waals surface area contributed by atoms with Crippen LogP contribution in [0.15, 0.2) is 59.1 Å². The fourth-order valence-electron chi connectivity index (χ4n) is 2.21. The highest BCUT2D eigenvalue weighted by molar-refractivity contribution is 5.80. The molecule has 0 radical (unpaired) electrons. The van der Waals surface area contributed by atoms with Crippen LogP contribution in [0.25, 0.3) is 11.4 Å². The maximum Gasteiger partial charge on any atom is 0.261 e. The van der Waals surface area contributed by atoms with Gasteiger partial charge in [0.25, 0.3) is 5.91 Å². The average Bonchev–Trinajstić information content (AvgIpc) is 3.10. The number of benzene rings is 2. The van der Waals surface area contributed by atoms with Crippen LogP contribution in [0.4, 0.5) is 0 Å². The molecule has 0 aliphatic heterocycles. The van der Waals surface area contributed by atoms with Crippen LogP contribution in [0, 0.1) is 6.92 Å². The number of nitrogens with one attached hydrogen (secondary N) is 1. The van der Waals surface area contributed by atoms with Gasteiger partial charge in [0.1, 0.15) is 5.75 Å². The Balaban J connectivity index is 1.54. The molecule has 0 fully saturated rings. The molecule has 0 bridgehead atoms. The van der Waals surface area contributed by atoms with E-state index in [4.69, 9.17) is 9.26 Å². The van der Waals surface area contributed by atoms with Gasteiger partial charge in [-0.1, -0.05) is 53.2 Å². The van der Waals surface area contributed by atoms with Crippen molar-refractivity contribution in [3.8, 4) is 17.1 Å². The molecule has 2 aromatic carbocycles. The van der Waals surface area contributed by atoms with Crippen molar-refractivity contribution in [3.63, 3.8) is 0 Å². The second-order valence-electron chi connectivity index (χ2n) is 5.67. The van der Waals surface area contributed by atoms with E-state index in [0.717, 1.165) is 11.1 Å². The molecule has 1 amide bonds. The van der Waals surface area contributed by atoms with Crippen LogP contribution >= 0.6 is 0 Å². The second kappa shape index (κ2) is 7.61. The number of amides is 1. The van der Waals surface area contributed by atoms with E-state index in [1.165, 1.54) is 0 Å². The largest absolute Gasteiger partial charge is 0.481 e. The van der Waals surface area contributed by atoms with Gasteiger partial charge in [-0.25, -0.2) is 0 Å². The Morgan fingerprint density at radius 1 is 1.16 bits per heavy atom. The molecule has 6 heteroatoms. The first kappa shape index (κ1) is 16.7. The summed E-state index contributed by atoms with van der Waals surface area (Å²) in [5, 5.41) is 6.67. The Labute approximate surface area is 145 Å². The molecule has 0 saturated heterocycles. The minimum absolute atomic E-state index is 0.153. The molecule has 1 heterocycles. The Hall–Kier alpha value is -3.15. The highest BCUT2D eigenvalue weighted by Crippen LogP contribution is 2.16. The first-order valence-corrected chi connectivity index (χ1v) is 8.01. The lowest BCUT2D eigenvalue weighted by atomic mass is 10.1. The second-order valence-corrected chi connectivity index (χ2v) is 5.67. The number of aryl methyl sites for hydroxylation is 1. The van der Waals surface area contributed by atoms with E-state index < -0.39 is 6.10 Å². The van der Waals surface area contributed by atoms with E-state index in [0.29, 0.717) is 17.5 Å². The highest BCUT2D eigenvalue weighted by Gasteiger charge is 2.16. The van der Waals surface area contributed by atoms with E-state index in [2.05, 4.69) is 15.5 Å². The SMILES string of the molecule is Cc1ccc(-c2noc(CNC(=O)[C@@H](C)Oc3ccccc3)n2)cc1. The van der Waals surface area contributed by atoms with E-state index in [9.17, 15) is 4.79 Å². The van der Waals surface area contributed by atoms with Crippen molar-refractivity contribution in [3.05, 3.63) is 66.1 Å². The van der Waals surface area contributed by atoms with Crippen LogP contribution in [0.2, 0.25) is 0 Å². The van der Waals surface area contributed by atoms with Gasteiger partial charge in [0.15, 0.2) is 6.10 Å². The molecule has 6 nitrogen and oxygen atoms in total. The molecule has 1 aromatic heterocycles. The van der Waals surface area contributed by atoms with Crippen molar-refractivity contribution >= 4 is 5.91 Å². The summed E-state index contributed by atoms with van der Waals surface area (Å²) in [5.74, 6) is 1.23. The van der Waals surface area contributed by atoms with Gasteiger partial charge >= 0.3 is 0 Å². The zero-order valence-electron chi connectivity index (χ0n) is 14.1. The van der Waals surface area contributed by atoms with Gasteiger partial charge in [-0.2, -0.15) is 4.98 Å². The summed E-state index contributed by atoms with van der Waals surface area (Å²) >= 11 is 0. The van der Waals surface area contributed by atoms with E-state index in [1.54, 1.807) is 19.1 Å². The molecule has 1 atom stereocenters. The Morgan fingerprint density at radius 3 is 2.60 bits per heavy atom. The van der Waals surface area contributed by atoms with Crippen molar-refractivity contribution < 1.29 is 14.1 Å². The number of hydrogen-bond acceptors (Lipinski definition) is 5. The smallest absolute Gasteiger partial charge is 0.261 e. The number of ether oxygens (including phenoxy) is 1. The van der Waals surface area contributed by atoms with Gasteiger partial charge < -0.3 is 14.6 Å². The van der Waals surface area contributed by atoms with Crippen LogP contribution in [0.5, 0.6) is 5.75 Å². The van der Waals surface area contributed by atoms with Gasteiger partial charge in [0.05, 0.1) is 6.54 Å². The molecule has 1 N–H and O–H groups in total. The standard InChI is InChI=1S/C19H19N3O3/c1-13-8-10-15(11-9-13)18-21-17(25-22-18)12-20-19(23)14(2)24-16-6-4-3-5-7-16/h3-11,14H,12H2,1-2H3,(H,20,23)/t14-/m1/s1. The lowest BCUT2D eigenvalue weighted by Gasteiger charge is -2.13. The number of hydrogen-bond donors (Lipinski definition) is 1. The minimum Gasteiger partial charge on any atom is -0.481 e. The van der Waals surface area contributed by atoms with Gasteiger partial charge in [0, 0.05) is 5.56 Å². The fraction of sp³-hybridized carbons (Fsp3) is 0.211. The third-order valence-corrected chi connectivity index (χ3v) is 3.62. The van der Waals surface area contributed by atoms with E-state index >= 15 is 0 Å². The van der Waals surface area contributed by atoms with Crippen LogP contribution in [-0.4, -0.2) is 22.2 Å². The van der Waals surface area contributed by atoms with Crippen molar-refractivity contribution in [1.82, 2.24) is 15.5 Å². The molecule has 0 spiro atoms. The molecule has 0 saturated carbocycles. The van der Waals surface area contributed by atoms with E-state index in [1.807, 2.05) is 49.4 Å². The lowest BCUT2D eigenvalue weighted by Crippen LogP contribution is -2.35. The normalized spacial score (nSPS) is 11.8. The van der Waals surface area contributed by atoms with Gasteiger partial charge in [-0.15, -0.1) is 0 Å². The van der Waals surface area contributed by atoms with Crippen LogP contribution in [0.1, 0.15) is 18.4 Å². The molecule has 0 aliphatic carbocycles. The number of para-hydroxylation sites is 1. The van der Waals surface area contributed by atoms with E-state index in [-0.39, 0.29) is 12.5 Å². The van der Waals surface area contributed by atoms with Crippen LogP contribution in [0.3, 0.4) is 0 Å². The first-order chi connectivity index (χ1) is 12.1. The van der Waals surface area contributed by atoms with Gasteiger partial charge in [0.2, 0.25) is 11.7 Å². The number of nitrogens with zero attached hydrogens (tertiary/aromatic N) is 2. The fourth-order valence-corrected chi connectivity index (χ4v) is 2.21. The Morgan fingerprint density at radius 2 is 1.88 bits per heavy atom. The monoisotopic (exact) mass is 337 g/mol. The number of carbonyl (C=O) groups excluding carboxylic acids is 1. The number of aromatic nitrogens is 2. The van der Waals surface area contributed by atoms with Crippen LogP contribution in [-0.2, 0) is 11.3 Å². The number of carbonyl (C=O) groups is 1. The van der Waals surface area contributed by atoms with Crippen LogP contribution < -0.4 is 10.1 Å². The predicted molar refractivity (Wildman–Crippen MR) is 92.8 cm³/mol. The van der Waals surface area contributed by atoms with Crippen molar-refractivity contribution in [1.29, 1.82) is 0 Å². The Bertz CT molecular complexity index is 829. The van der Waals surface area contributed by atoms with Crippen molar-refractivity contribution in [2.24, 2.45) is 0 Å². The minimum atomic E-state index is -0.623. The molecule has 0 unspecified atom stereocenters. The molecule has 25 heavy (non-hydrogen) atoms. The average molecular weight is 337 g/mol. The predicted octanol–water partition coefficient (Wildman–Crippen LogP) is 3.13. The maximum absolute atomic E-state index is 12.1. The summed E-state index contributed by atoms with van der Waals surface area (Å²) in [4.78, 5) is 16.4. The lowest BCUT2D eigenvalue weighted by molar-refractivity contribution is -0.127. The molecular formula is C19H19N3O3. The third-order valence-electron chi connectivity index (χ3n) is 3.62. The molecule has 3 aromatic rings. The summed E-state index contributed by atoms with van der Waals surface area (Å²) in [6, 6.07) is 17.0.